The summed E-state index contributed by atoms with van der Waals surface area (Å²) in [4.78, 5) is 14.5. The Balaban J connectivity index is 1.86. The van der Waals surface area contributed by atoms with Gasteiger partial charge in [-0.2, -0.15) is 0 Å². The standard InChI is InChI=1S/C13H19NO3/c1-5(2)14-12(16)8-6-4-7-9(8)13(14,3)17-11(7)10(6)15/h5-11,15H,4H2,1-3H3/t6-,7-,8-,9+,10+,11+,13-/m1/s1. The fourth-order valence-corrected chi connectivity index (χ4v) is 5.27. The van der Waals surface area contributed by atoms with Gasteiger partial charge in [-0.3, -0.25) is 4.79 Å². The summed E-state index contributed by atoms with van der Waals surface area (Å²) in [5, 5.41) is 10.2. The maximum atomic E-state index is 12.5. The number of hydrogen-bond donors (Lipinski definition) is 1. The highest BCUT2D eigenvalue weighted by Crippen LogP contribution is 2.67. The van der Waals surface area contributed by atoms with Crippen molar-refractivity contribution in [3.63, 3.8) is 0 Å². The van der Waals surface area contributed by atoms with Gasteiger partial charge < -0.3 is 14.7 Å². The Morgan fingerprint density at radius 3 is 2.82 bits per heavy atom. The smallest absolute Gasteiger partial charge is 0.229 e. The first-order valence-corrected chi connectivity index (χ1v) is 6.66. The van der Waals surface area contributed by atoms with Crippen molar-refractivity contribution < 1.29 is 14.6 Å². The molecule has 4 fully saturated rings. The van der Waals surface area contributed by atoms with Crippen LogP contribution in [0, 0.1) is 23.7 Å². The molecule has 4 heteroatoms. The number of amides is 1. The first-order chi connectivity index (χ1) is 7.97. The van der Waals surface area contributed by atoms with Crippen LogP contribution in [0.4, 0.5) is 0 Å². The minimum absolute atomic E-state index is 0.0150. The van der Waals surface area contributed by atoms with E-state index in [1.807, 2.05) is 25.7 Å². The lowest BCUT2D eigenvalue weighted by molar-refractivity contribution is -0.177. The van der Waals surface area contributed by atoms with Gasteiger partial charge in [-0.05, 0) is 39.0 Å². The highest BCUT2D eigenvalue weighted by molar-refractivity contribution is 5.84. The second-order valence-corrected chi connectivity index (χ2v) is 6.54. The summed E-state index contributed by atoms with van der Waals surface area (Å²) in [6, 6.07) is 0.174. The van der Waals surface area contributed by atoms with Gasteiger partial charge in [-0.1, -0.05) is 0 Å². The van der Waals surface area contributed by atoms with E-state index in [-0.39, 0.29) is 29.9 Å². The molecular formula is C13H19NO3. The van der Waals surface area contributed by atoms with E-state index in [1.54, 1.807) is 0 Å². The van der Waals surface area contributed by atoms with Crippen LogP contribution in [0.5, 0.6) is 0 Å². The molecule has 4 nitrogen and oxygen atoms in total. The normalized spacial score (nSPS) is 58.9. The zero-order valence-electron chi connectivity index (χ0n) is 10.5. The molecule has 2 saturated heterocycles. The van der Waals surface area contributed by atoms with Crippen molar-refractivity contribution in [3.8, 4) is 0 Å². The number of rotatable bonds is 1. The minimum Gasteiger partial charge on any atom is -0.390 e. The highest BCUT2D eigenvalue weighted by Gasteiger charge is 2.77. The lowest BCUT2D eigenvalue weighted by Gasteiger charge is -2.38. The Bertz CT molecular complexity index is 409. The van der Waals surface area contributed by atoms with Gasteiger partial charge in [0.05, 0.1) is 18.1 Å². The Morgan fingerprint density at radius 2 is 2.18 bits per heavy atom. The lowest BCUT2D eigenvalue weighted by Crippen LogP contribution is -2.52. The van der Waals surface area contributed by atoms with Gasteiger partial charge in [0.25, 0.3) is 0 Å². The van der Waals surface area contributed by atoms with Gasteiger partial charge in [0, 0.05) is 12.0 Å². The van der Waals surface area contributed by atoms with Crippen molar-refractivity contribution >= 4 is 5.91 Å². The summed E-state index contributed by atoms with van der Waals surface area (Å²) in [6.45, 7) is 6.13. The molecule has 2 saturated carbocycles. The molecule has 7 atom stereocenters. The number of carbonyl (C=O) groups is 1. The summed E-state index contributed by atoms with van der Waals surface area (Å²) < 4.78 is 6.13. The van der Waals surface area contributed by atoms with Crippen LogP contribution in [0.3, 0.4) is 0 Å². The topological polar surface area (TPSA) is 49.8 Å². The van der Waals surface area contributed by atoms with Crippen molar-refractivity contribution in [3.05, 3.63) is 0 Å². The SMILES string of the molecule is CC(C)N1C(=O)[C@@H]2[C@H]3C[C@H]4[C@H](O[C@]1(C)[C@@H]42)[C@H]3O. The van der Waals surface area contributed by atoms with E-state index >= 15 is 0 Å². The first-order valence-electron chi connectivity index (χ1n) is 6.66. The number of aliphatic hydroxyl groups excluding tert-OH is 1. The average molecular weight is 237 g/mol. The van der Waals surface area contributed by atoms with Crippen LogP contribution in [0.15, 0.2) is 0 Å². The van der Waals surface area contributed by atoms with Gasteiger partial charge in [0.2, 0.25) is 5.91 Å². The Labute approximate surface area is 101 Å². The number of hydrogen-bond acceptors (Lipinski definition) is 3. The van der Waals surface area contributed by atoms with Crippen molar-refractivity contribution in [1.29, 1.82) is 0 Å². The number of carbonyl (C=O) groups excluding carboxylic acids is 1. The third-order valence-electron chi connectivity index (χ3n) is 5.56. The van der Waals surface area contributed by atoms with Crippen LogP contribution in [-0.2, 0) is 9.53 Å². The predicted molar refractivity (Wildman–Crippen MR) is 59.8 cm³/mol. The maximum Gasteiger partial charge on any atom is 0.229 e. The van der Waals surface area contributed by atoms with Gasteiger partial charge in [-0.25, -0.2) is 0 Å². The fourth-order valence-electron chi connectivity index (χ4n) is 5.27. The third-order valence-corrected chi connectivity index (χ3v) is 5.56. The first kappa shape index (κ1) is 10.3. The highest BCUT2D eigenvalue weighted by atomic mass is 16.6. The summed E-state index contributed by atoms with van der Waals surface area (Å²) in [5.41, 5.74) is -0.461. The molecule has 2 heterocycles. The van der Waals surface area contributed by atoms with Crippen LogP contribution < -0.4 is 0 Å². The molecule has 1 amide bonds. The van der Waals surface area contributed by atoms with E-state index in [4.69, 9.17) is 4.74 Å². The van der Waals surface area contributed by atoms with E-state index in [1.165, 1.54) is 0 Å². The van der Waals surface area contributed by atoms with Crippen LogP contribution in [-0.4, -0.2) is 39.9 Å². The summed E-state index contributed by atoms with van der Waals surface area (Å²) in [7, 11) is 0. The van der Waals surface area contributed by atoms with Crippen molar-refractivity contribution in [2.75, 3.05) is 0 Å². The van der Waals surface area contributed by atoms with E-state index in [9.17, 15) is 9.90 Å². The average Bonchev–Trinajstić information content (AvgIpc) is 2.84. The molecule has 0 unspecified atom stereocenters. The second-order valence-electron chi connectivity index (χ2n) is 6.54. The van der Waals surface area contributed by atoms with Gasteiger partial charge in [0.1, 0.15) is 5.72 Å². The largest absolute Gasteiger partial charge is 0.390 e. The zero-order chi connectivity index (χ0) is 12.1. The zero-order valence-corrected chi connectivity index (χ0v) is 10.5. The summed E-state index contributed by atoms with van der Waals surface area (Å²) >= 11 is 0. The Kier molecular flexibility index (Phi) is 1.64. The van der Waals surface area contributed by atoms with E-state index in [0.29, 0.717) is 11.8 Å². The van der Waals surface area contributed by atoms with Crippen LogP contribution in [0.1, 0.15) is 27.2 Å². The molecule has 4 aliphatic rings. The summed E-state index contributed by atoms with van der Waals surface area (Å²) in [6.07, 6.45) is 0.538. The molecule has 0 aromatic heterocycles. The van der Waals surface area contributed by atoms with Gasteiger partial charge >= 0.3 is 0 Å². The number of nitrogens with zero attached hydrogens (tertiary/aromatic N) is 1. The Hall–Kier alpha value is -0.610. The molecule has 94 valence electrons. The lowest BCUT2D eigenvalue weighted by atomic mass is 9.77. The van der Waals surface area contributed by atoms with Crippen LogP contribution >= 0.6 is 0 Å². The van der Waals surface area contributed by atoms with Crippen molar-refractivity contribution in [1.82, 2.24) is 4.90 Å². The molecule has 2 bridgehead atoms. The molecule has 4 rings (SSSR count). The van der Waals surface area contributed by atoms with Crippen LogP contribution in [0.25, 0.3) is 0 Å². The second kappa shape index (κ2) is 2.69. The molecule has 2 aliphatic carbocycles. The monoisotopic (exact) mass is 237 g/mol. The van der Waals surface area contributed by atoms with Gasteiger partial charge in [-0.15, -0.1) is 0 Å². The number of aliphatic hydroxyl groups is 1. The van der Waals surface area contributed by atoms with E-state index < -0.39 is 11.8 Å². The van der Waals surface area contributed by atoms with Crippen molar-refractivity contribution in [2.45, 2.75) is 51.2 Å². The number of ether oxygens (including phenoxy) is 1. The van der Waals surface area contributed by atoms with E-state index in [2.05, 4.69) is 0 Å². The molecule has 0 radical (unpaired) electrons. The molecule has 17 heavy (non-hydrogen) atoms. The van der Waals surface area contributed by atoms with Gasteiger partial charge in [0.15, 0.2) is 0 Å². The molecule has 2 aliphatic heterocycles. The predicted octanol–water partition coefficient (Wildman–Crippen LogP) is 0.595. The summed E-state index contributed by atoms with van der Waals surface area (Å²) in [5.74, 6) is 1.08. The molecular weight excluding hydrogens is 218 g/mol. The number of fused-ring (bicyclic) bond motifs is 2. The molecule has 0 spiro atoms. The fraction of sp³-hybridized carbons (Fsp3) is 0.923. The number of likely N-dealkylation sites (tertiary alicyclic amines) is 1. The minimum atomic E-state index is -0.461. The quantitative estimate of drug-likeness (QED) is 0.726. The molecule has 0 aromatic rings. The third kappa shape index (κ3) is 0.868. The Morgan fingerprint density at radius 1 is 1.47 bits per heavy atom. The van der Waals surface area contributed by atoms with Crippen LogP contribution in [0.2, 0.25) is 0 Å². The molecule has 0 aromatic carbocycles. The van der Waals surface area contributed by atoms with Crippen molar-refractivity contribution in [2.24, 2.45) is 23.7 Å². The molecule has 1 N–H and O–H groups in total. The van der Waals surface area contributed by atoms with E-state index in [0.717, 1.165) is 6.42 Å². The maximum absolute atomic E-state index is 12.5.